The summed E-state index contributed by atoms with van der Waals surface area (Å²) in [5.41, 5.74) is 1.14. The summed E-state index contributed by atoms with van der Waals surface area (Å²) in [6.07, 6.45) is 0.0842. The van der Waals surface area contributed by atoms with Gasteiger partial charge in [-0.05, 0) is 43.2 Å². The molecule has 3 rings (SSSR count). The third-order valence-corrected chi connectivity index (χ3v) is 4.84. The molecule has 2 aromatic rings. The number of nitrogens with zero attached hydrogens (tertiary/aromatic N) is 4. The molecule has 1 fully saturated rings. The molecule has 1 aliphatic rings. The molecule has 1 N–H and O–H groups in total. The number of hydrogen-bond donors (Lipinski definition) is 1. The van der Waals surface area contributed by atoms with Crippen LogP contribution in [0.3, 0.4) is 0 Å². The molecular weight excluding hydrogens is 506 g/mol. The number of piperazine rings is 1. The molecule has 30 heavy (non-hydrogen) atoms. The van der Waals surface area contributed by atoms with Crippen LogP contribution in [0.15, 0.2) is 53.8 Å². The smallest absolute Gasteiger partial charge is 0.368 e. The molecule has 0 saturated carbocycles. The van der Waals surface area contributed by atoms with Crippen LogP contribution in [-0.2, 0) is 12.6 Å². The first-order chi connectivity index (χ1) is 14.0. The normalized spacial score (nSPS) is 15.0. The molecule has 0 aliphatic carbocycles. The van der Waals surface area contributed by atoms with E-state index in [1.165, 1.54) is 12.1 Å². The molecule has 0 bridgehead atoms. The van der Waals surface area contributed by atoms with Crippen molar-refractivity contribution in [2.75, 3.05) is 44.2 Å². The summed E-state index contributed by atoms with van der Waals surface area (Å²) in [7, 11) is 0. The summed E-state index contributed by atoms with van der Waals surface area (Å²) < 4.78 is 38.9. The van der Waals surface area contributed by atoms with Crippen LogP contribution in [-0.4, -0.2) is 55.1 Å². The molecule has 5 nitrogen and oxygen atoms in total. The molecule has 0 atom stereocenters. The van der Waals surface area contributed by atoms with Gasteiger partial charge < -0.3 is 15.1 Å². The summed E-state index contributed by atoms with van der Waals surface area (Å²) in [4.78, 5) is 13.0. The van der Waals surface area contributed by atoms with Crippen LogP contribution in [0, 0.1) is 0 Å². The molecule has 0 amide bonds. The Morgan fingerprint density at radius 2 is 1.90 bits per heavy atom. The van der Waals surface area contributed by atoms with Crippen LogP contribution in [0.5, 0.6) is 0 Å². The second-order valence-corrected chi connectivity index (χ2v) is 6.87. The number of halogens is 4. The lowest BCUT2D eigenvalue weighted by Crippen LogP contribution is -2.52. The molecule has 1 aromatic carbocycles. The van der Waals surface area contributed by atoms with E-state index < -0.39 is 11.7 Å². The molecule has 164 valence electrons. The zero-order valence-corrected chi connectivity index (χ0v) is 19.2. The van der Waals surface area contributed by atoms with Gasteiger partial charge in [-0.2, -0.15) is 13.2 Å². The minimum Gasteiger partial charge on any atom is -0.368 e. The summed E-state index contributed by atoms with van der Waals surface area (Å²) >= 11 is 0. The lowest BCUT2D eigenvalue weighted by molar-refractivity contribution is -0.137. The summed E-state index contributed by atoms with van der Waals surface area (Å²) in [5, 5.41) is 3.32. The van der Waals surface area contributed by atoms with Crippen molar-refractivity contribution in [2.24, 2.45) is 4.99 Å². The standard InChI is InChI=1S/C21H26F3N5.HI/c1-2-26-20(27-10-8-17-5-4-9-25-16-17)29-13-11-28(12-14-29)19-7-3-6-18(15-19)21(22,23)24;/h3-7,9,15-16H,2,8,10-14H2,1H3,(H,26,27);1H. The van der Waals surface area contributed by atoms with Gasteiger partial charge in [0, 0.05) is 57.3 Å². The van der Waals surface area contributed by atoms with Crippen molar-refractivity contribution in [1.29, 1.82) is 0 Å². The van der Waals surface area contributed by atoms with E-state index in [0.29, 0.717) is 38.4 Å². The maximum atomic E-state index is 13.0. The quantitative estimate of drug-likeness (QED) is 0.358. The summed E-state index contributed by atoms with van der Waals surface area (Å²) in [5.74, 6) is 0.847. The Kier molecular flexibility index (Phi) is 9.19. The van der Waals surface area contributed by atoms with Gasteiger partial charge in [0.15, 0.2) is 5.96 Å². The predicted octanol–water partition coefficient (Wildman–Crippen LogP) is 4.05. The van der Waals surface area contributed by atoms with Crippen molar-refractivity contribution in [2.45, 2.75) is 19.5 Å². The number of pyridine rings is 1. The first-order valence-corrected chi connectivity index (χ1v) is 9.81. The maximum Gasteiger partial charge on any atom is 0.416 e. The number of benzene rings is 1. The average molecular weight is 533 g/mol. The monoisotopic (exact) mass is 533 g/mol. The lowest BCUT2D eigenvalue weighted by Gasteiger charge is -2.38. The van der Waals surface area contributed by atoms with E-state index in [0.717, 1.165) is 30.6 Å². The number of anilines is 1. The number of hydrogen-bond acceptors (Lipinski definition) is 3. The number of alkyl halides is 3. The second-order valence-electron chi connectivity index (χ2n) is 6.87. The van der Waals surface area contributed by atoms with E-state index in [2.05, 4.69) is 15.2 Å². The van der Waals surface area contributed by atoms with Gasteiger partial charge in [0.25, 0.3) is 0 Å². The lowest BCUT2D eigenvalue weighted by atomic mass is 10.1. The highest BCUT2D eigenvalue weighted by Gasteiger charge is 2.31. The molecule has 1 aromatic heterocycles. The number of rotatable bonds is 5. The van der Waals surface area contributed by atoms with Crippen LogP contribution in [0.2, 0.25) is 0 Å². The van der Waals surface area contributed by atoms with E-state index in [-0.39, 0.29) is 24.0 Å². The first kappa shape index (κ1) is 24.2. The number of guanidine groups is 1. The van der Waals surface area contributed by atoms with Crippen molar-refractivity contribution >= 4 is 35.6 Å². The number of aromatic nitrogens is 1. The van der Waals surface area contributed by atoms with Crippen LogP contribution < -0.4 is 10.2 Å². The Bertz CT molecular complexity index is 806. The molecule has 0 unspecified atom stereocenters. The molecule has 0 spiro atoms. The van der Waals surface area contributed by atoms with E-state index >= 15 is 0 Å². The first-order valence-electron chi connectivity index (χ1n) is 9.81. The average Bonchev–Trinajstić information content (AvgIpc) is 2.73. The zero-order valence-electron chi connectivity index (χ0n) is 16.9. The molecule has 9 heteroatoms. The van der Waals surface area contributed by atoms with Gasteiger partial charge in [-0.15, -0.1) is 24.0 Å². The van der Waals surface area contributed by atoms with Crippen molar-refractivity contribution in [3.8, 4) is 0 Å². The fourth-order valence-corrected chi connectivity index (χ4v) is 3.32. The van der Waals surface area contributed by atoms with Gasteiger partial charge >= 0.3 is 6.18 Å². The Labute approximate surface area is 192 Å². The topological polar surface area (TPSA) is 43.8 Å². The van der Waals surface area contributed by atoms with Crippen molar-refractivity contribution in [3.63, 3.8) is 0 Å². The number of aliphatic imine (C=N–C) groups is 1. The zero-order chi connectivity index (χ0) is 20.7. The predicted molar refractivity (Wildman–Crippen MR) is 125 cm³/mol. The van der Waals surface area contributed by atoms with Crippen LogP contribution in [0.1, 0.15) is 18.1 Å². The molecule has 2 heterocycles. The Hall–Kier alpha value is -2.04. The maximum absolute atomic E-state index is 13.0. The SMILES string of the molecule is CCNC(=NCCc1cccnc1)N1CCN(c2cccc(C(F)(F)F)c2)CC1.I. The van der Waals surface area contributed by atoms with Crippen LogP contribution >= 0.6 is 24.0 Å². The van der Waals surface area contributed by atoms with E-state index in [4.69, 9.17) is 4.99 Å². The van der Waals surface area contributed by atoms with Crippen molar-refractivity contribution in [1.82, 2.24) is 15.2 Å². The van der Waals surface area contributed by atoms with E-state index in [9.17, 15) is 13.2 Å². The van der Waals surface area contributed by atoms with Gasteiger partial charge in [0.1, 0.15) is 0 Å². The largest absolute Gasteiger partial charge is 0.416 e. The van der Waals surface area contributed by atoms with Gasteiger partial charge in [-0.3, -0.25) is 9.98 Å². The Morgan fingerprint density at radius 3 is 2.53 bits per heavy atom. The molecular formula is C21H27F3IN5. The van der Waals surface area contributed by atoms with Crippen molar-refractivity contribution in [3.05, 3.63) is 59.9 Å². The van der Waals surface area contributed by atoms with Gasteiger partial charge in [0.2, 0.25) is 0 Å². The fourth-order valence-electron chi connectivity index (χ4n) is 3.32. The van der Waals surface area contributed by atoms with Gasteiger partial charge in [0.05, 0.1) is 5.56 Å². The highest BCUT2D eigenvalue weighted by Crippen LogP contribution is 2.31. The second kappa shape index (κ2) is 11.4. The van der Waals surface area contributed by atoms with Crippen molar-refractivity contribution < 1.29 is 13.2 Å². The van der Waals surface area contributed by atoms with E-state index in [1.54, 1.807) is 12.3 Å². The molecule has 1 aliphatic heterocycles. The summed E-state index contributed by atoms with van der Waals surface area (Å²) in [6, 6.07) is 9.48. The Balaban J connectivity index is 0.00000320. The highest BCUT2D eigenvalue weighted by molar-refractivity contribution is 14.0. The van der Waals surface area contributed by atoms with Crippen LogP contribution in [0.25, 0.3) is 0 Å². The van der Waals surface area contributed by atoms with E-state index in [1.807, 2.05) is 30.2 Å². The van der Waals surface area contributed by atoms with Gasteiger partial charge in [-0.25, -0.2) is 0 Å². The minimum absolute atomic E-state index is 0. The molecule has 0 radical (unpaired) electrons. The van der Waals surface area contributed by atoms with Crippen LogP contribution in [0.4, 0.5) is 18.9 Å². The highest BCUT2D eigenvalue weighted by atomic mass is 127. The molecule has 1 saturated heterocycles. The third kappa shape index (κ3) is 6.75. The third-order valence-electron chi connectivity index (χ3n) is 4.84. The Morgan fingerprint density at radius 1 is 1.13 bits per heavy atom. The summed E-state index contributed by atoms with van der Waals surface area (Å²) in [6.45, 7) is 6.14. The number of nitrogens with one attached hydrogen (secondary N) is 1. The van der Waals surface area contributed by atoms with Gasteiger partial charge in [-0.1, -0.05) is 12.1 Å². The minimum atomic E-state index is -4.32. The fraction of sp³-hybridized carbons (Fsp3) is 0.429.